The average Bonchev–Trinajstić information content (AvgIpc) is 3.11. The molecule has 0 aromatic carbocycles. The molecule has 2 rings (SSSR count). The molecule has 0 aliphatic rings. The maximum absolute atomic E-state index is 12.4. The molecule has 5 heteroatoms. The first-order valence-corrected chi connectivity index (χ1v) is 8.52. The smallest absolute Gasteiger partial charge is 0.223 e. The molecule has 2 aromatic rings. The van der Waals surface area contributed by atoms with Gasteiger partial charge in [0.15, 0.2) is 0 Å². The lowest BCUT2D eigenvalue weighted by atomic mass is 10.2. The molecule has 2 aromatic heterocycles. The van der Waals surface area contributed by atoms with Gasteiger partial charge in [-0.2, -0.15) is 0 Å². The lowest BCUT2D eigenvalue weighted by Crippen LogP contribution is -2.29. The van der Waals surface area contributed by atoms with Gasteiger partial charge in [0, 0.05) is 16.2 Å². The first-order chi connectivity index (χ1) is 9.79. The Labute approximate surface area is 128 Å². The summed E-state index contributed by atoms with van der Waals surface area (Å²) in [5, 5.41) is 7.21. The lowest BCUT2D eigenvalue weighted by Gasteiger charge is -2.21. The molecule has 2 heterocycles. The summed E-state index contributed by atoms with van der Waals surface area (Å²) in [6.45, 7) is 2.32. The molecule has 20 heavy (non-hydrogen) atoms. The van der Waals surface area contributed by atoms with Crippen molar-refractivity contribution in [3.8, 4) is 0 Å². The van der Waals surface area contributed by atoms with Gasteiger partial charge in [-0.3, -0.25) is 4.79 Å². The van der Waals surface area contributed by atoms with Crippen molar-refractivity contribution in [3.05, 3.63) is 44.8 Å². The number of thiophene rings is 2. The van der Waals surface area contributed by atoms with Crippen LogP contribution in [0.25, 0.3) is 0 Å². The summed E-state index contributed by atoms with van der Waals surface area (Å²) in [6, 6.07) is 8.25. The molecule has 0 atom stereocenters. The predicted molar refractivity (Wildman–Crippen MR) is 86.1 cm³/mol. The van der Waals surface area contributed by atoms with Crippen LogP contribution in [0.3, 0.4) is 0 Å². The highest BCUT2D eigenvalue weighted by atomic mass is 32.1. The zero-order chi connectivity index (χ0) is 14.2. The maximum Gasteiger partial charge on any atom is 0.223 e. The van der Waals surface area contributed by atoms with E-state index in [1.807, 2.05) is 24.1 Å². The van der Waals surface area contributed by atoms with Crippen molar-refractivity contribution in [3.63, 3.8) is 0 Å². The summed E-state index contributed by atoms with van der Waals surface area (Å²) in [5.74, 6) is 0.238. The molecule has 0 bridgehead atoms. The van der Waals surface area contributed by atoms with Crippen LogP contribution in [-0.4, -0.2) is 24.4 Å². The standard InChI is InChI=1S/C15H20N2OS2/c1-16-8-2-7-15(18)17(11-13-5-3-9-19-13)12-14-6-4-10-20-14/h3-6,9-10,16H,2,7-8,11-12H2,1H3. The first-order valence-electron chi connectivity index (χ1n) is 6.76. The normalized spacial score (nSPS) is 10.7. The third kappa shape index (κ3) is 4.74. The van der Waals surface area contributed by atoms with E-state index in [0.717, 1.165) is 13.0 Å². The second-order valence-corrected chi connectivity index (χ2v) is 6.68. The van der Waals surface area contributed by atoms with Crippen molar-refractivity contribution in [2.24, 2.45) is 0 Å². The van der Waals surface area contributed by atoms with Gasteiger partial charge in [-0.15, -0.1) is 22.7 Å². The van der Waals surface area contributed by atoms with Gasteiger partial charge < -0.3 is 10.2 Å². The van der Waals surface area contributed by atoms with E-state index in [4.69, 9.17) is 0 Å². The van der Waals surface area contributed by atoms with Crippen LogP contribution in [0.1, 0.15) is 22.6 Å². The van der Waals surface area contributed by atoms with E-state index in [0.29, 0.717) is 19.5 Å². The number of carbonyl (C=O) groups is 1. The lowest BCUT2D eigenvalue weighted by molar-refractivity contribution is -0.132. The summed E-state index contributed by atoms with van der Waals surface area (Å²) in [5.41, 5.74) is 0. The number of hydrogen-bond acceptors (Lipinski definition) is 4. The van der Waals surface area contributed by atoms with Crippen LogP contribution in [0, 0.1) is 0 Å². The maximum atomic E-state index is 12.4. The van der Waals surface area contributed by atoms with Gasteiger partial charge >= 0.3 is 0 Å². The van der Waals surface area contributed by atoms with Gasteiger partial charge in [0.1, 0.15) is 0 Å². The fourth-order valence-corrected chi connectivity index (χ4v) is 3.43. The minimum absolute atomic E-state index is 0.238. The Morgan fingerprint density at radius 2 is 1.75 bits per heavy atom. The van der Waals surface area contributed by atoms with Gasteiger partial charge in [0.25, 0.3) is 0 Å². The first kappa shape index (κ1) is 15.2. The largest absolute Gasteiger partial charge is 0.332 e. The van der Waals surface area contributed by atoms with Crippen molar-refractivity contribution in [2.75, 3.05) is 13.6 Å². The number of amides is 1. The Bertz CT molecular complexity index is 458. The van der Waals surface area contributed by atoms with Crippen LogP contribution in [-0.2, 0) is 17.9 Å². The van der Waals surface area contributed by atoms with Crippen molar-refractivity contribution in [1.29, 1.82) is 0 Å². The molecule has 1 N–H and O–H groups in total. The minimum atomic E-state index is 0.238. The number of carbonyl (C=O) groups excluding carboxylic acids is 1. The zero-order valence-corrected chi connectivity index (χ0v) is 13.3. The van der Waals surface area contributed by atoms with Gasteiger partial charge in [-0.05, 0) is 42.9 Å². The highest BCUT2D eigenvalue weighted by molar-refractivity contribution is 7.10. The molecular weight excluding hydrogens is 288 g/mol. The quantitative estimate of drug-likeness (QED) is 0.759. The summed E-state index contributed by atoms with van der Waals surface area (Å²) >= 11 is 3.41. The van der Waals surface area contributed by atoms with Crippen molar-refractivity contribution >= 4 is 28.6 Å². The van der Waals surface area contributed by atoms with Gasteiger partial charge in [-0.1, -0.05) is 12.1 Å². The molecule has 0 aliphatic carbocycles. The predicted octanol–water partition coefficient (Wildman–Crippen LogP) is 3.34. The molecular formula is C15H20N2OS2. The van der Waals surface area contributed by atoms with E-state index in [9.17, 15) is 4.79 Å². The number of nitrogens with zero attached hydrogens (tertiary/aromatic N) is 1. The van der Waals surface area contributed by atoms with Gasteiger partial charge in [-0.25, -0.2) is 0 Å². The summed E-state index contributed by atoms with van der Waals surface area (Å²) in [4.78, 5) is 16.8. The number of nitrogens with one attached hydrogen (secondary N) is 1. The molecule has 0 saturated heterocycles. The Kier molecular flexibility index (Phi) is 6.24. The van der Waals surface area contributed by atoms with E-state index >= 15 is 0 Å². The second-order valence-electron chi connectivity index (χ2n) is 4.62. The summed E-state index contributed by atoms with van der Waals surface area (Å²) in [6.07, 6.45) is 1.50. The fourth-order valence-electron chi connectivity index (χ4n) is 1.99. The van der Waals surface area contributed by atoms with E-state index in [1.165, 1.54) is 9.75 Å². The molecule has 0 radical (unpaired) electrons. The van der Waals surface area contributed by atoms with E-state index in [1.54, 1.807) is 22.7 Å². The topological polar surface area (TPSA) is 32.3 Å². The van der Waals surface area contributed by atoms with Crippen LogP contribution in [0.5, 0.6) is 0 Å². The van der Waals surface area contributed by atoms with Crippen molar-refractivity contribution < 1.29 is 4.79 Å². The molecule has 0 spiro atoms. The van der Waals surface area contributed by atoms with Crippen LogP contribution >= 0.6 is 22.7 Å². The second kappa shape index (κ2) is 8.19. The number of hydrogen-bond donors (Lipinski definition) is 1. The SMILES string of the molecule is CNCCCC(=O)N(Cc1cccs1)Cc1cccs1. The Morgan fingerprint density at radius 3 is 2.20 bits per heavy atom. The average molecular weight is 308 g/mol. The molecule has 0 saturated carbocycles. The molecule has 0 unspecified atom stereocenters. The van der Waals surface area contributed by atoms with Crippen LogP contribution in [0.15, 0.2) is 35.0 Å². The van der Waals surface area contributed by atoms with Gasteiger partial charge in [0.05, 0.1) is 13.1 Å². The number of rotatable bonds is 8. The van der Waals surface area contributed by atoms with Crippen molar-refractivity contribution in [1.82, 2.24) is 10.2 Å². The third-order valence-electron chi connectivity index (χ3n) is 3.02. The summed E-state index contributed by atoms with van der Waals surface area (Å²) < 4.78 is 0. The van der Waals surface area contributed by atoms with Crippen LogP contribution < -0.4 is 5.32 Å². The van der Waals surface area contributed by atoms with Crippen LogP contribution in [0.4, 0.5) is 0 Å². The minimum Gasteiger partial charge on any atom is -0.332 e. The van der Waals surface area contributed by atoms with Gasteiger partial charge in [0.2, 0.25) is 5.91 Å². The monoisotopic (exact) mass is 308 g/mol. The molecule has 3 nitrogen and oxygen atoms in total. The molecule has 0 fully saturated rings. The molecule has 1 amide bonds. The Balaban J connectivity index is 1.97. The highest BCUT2D eigenvalue weighted by Gasteiger charge is 2.15. The Hall–Kier alpha value is -1.17. The highest BCUT2D eigenvalue weighted by Crippen LogP contribution is 2.18. The fraction of sp³-hybridized carbons (Fsp3) is 0.400. The van der Waals surface area contributed by atoms with E-state index in [2.05, 4.69) is 28.2 Å². The molecule has 0 aliphatic heterocycles. The van der Waals surface area contributed by atoms with Crippen molar-refractivity contribution in [2.45, 2.75) is 25.9 Å². The third-order valence-corrected chi connectivity index (χ3v) is 4.75. The molecule has 108 valence electrons. The Morgan fingerprint density at radius 1 is 1.15 bits per heavy atom. The summed E-state index contributed by atoms with van der Waals surface area (Å²) in [7, 11) is 1.92. The van der Waals surface area contributed by atoms with Crippen LogP contribution in [0.2, 0.25) is 0 Å². The van der Waals surface area contributed by atoms with E-state index < -0.39 is 0 Å². The zero-order valence-electron chi connectivity index (χ0n) is 11.7. The van der Waals surface area contributed by atoms with E-state index in [-0.39, 0.29) is 5.91 Å².